The van der Waals surface area contributed by atoms with Crippen molar-refractivity contribution in [3.8, 4) is 0 Å². The van der Waals surface area contributed by atoms with Crippen LogP contribution >= 0.6 is 11.3 Å². The Bertz CT molecular complexity index is 578. The van der Waals surface area contributed by atoms with E-state index in [2.05, 4.69) is 5.43 Å². The first-order valence-corrected chi connectivity index (χ1v) is 7.05. The maximum absolute atomic E-state index is 13.1. The highest BCUT2D eigenvalue weighted by Gasteiger charge is 2.35. The summed E-state index contributed by atoms with van der Waals surface area (Å²) in [7, 11) is 0. The van der Waals surface area contributed by atoms with Gasteiger partial charge in [0.25, 0.3) is 0 Å². The van der Waals surface area contributed by atoms with Crippen molar-refractivity contribution in [3.63, 3.8) is 0 Å². The highest BCUT2D eigenvalue weighted by atomic mass is 32.1. The molecule has 6 heteroatoms. The van der Waals surface area contributed by atoms with Gasteiger partial charge >= 0.3 is 6.18 Å². The first kappa shape index (κ1) is 15.0. The Morgan fingerprint density at radius 3 is 2.55 bits per heavy atom. The van der Waals surface area contributed by atoms with Crippen molar-refractivity contribution in [2.75, 3.05) is 0 Å². The van der Waals surface area contributed by atoms with E-state index in [1.165, 1.54) is 23.5 Å². The fourth-order valence-corrected chi connectivity index (χ4v) is 3.28. The molecular formula is C14H15F3N2S. The van der Waals surface area contributed by atoms with E-state index in [0.29, 0.717) is 0 Å². The molecule has 0 aliphatic carbocycles. The van der Waals surface area contributed by atoms with E-state index >= 15 is 0 Å². The molecule has 3 N–H and O–H groups in total. The van der Waals surface area contributed by atoms with Crippen molar-refractivity contribution in [2.45, 2.75) is 25.6 Å². The average molecular weight is 300 g/mol. The number of hydrogen-bond donors (Lipinski definition) is 2. The molecule has 2 rings (SSSR count). The summed E-state index contributed by atoms with van der Waals surface area (Å²) in [5, 5.41) is 1.87. The number of benzene rings is 1. The van der Waals surface area contributed by atoms with Crippen molar-refractivity contribution in [1.82, 2.24) is 5.43 Å². The van der Waals surface area contributed by atoms with E-state index in [0.717, 1.165) is 22.9 Å². The molecule has 0 saturated heterocycles. The largest absolute Gasteiger partial charge is 0.416 e. The summed E-state index contributed by atoms with van der Waals surface area (Å²) in [5.41, 5.74) is 3.03. The first-order chi connectivity index (χ1) is 9.49. The van der Waals surface area contributed by atoms with E-state index in [4.69, 9.17) is 5.84 Å². The number of rotatable bonds is 4. The zero-order valence-corrected chi connectivity index (χ0v) is 11.7. The molecule has 0 spiro atoms. The summed E-state index contributed by atoms with van der Waals surface area (Å²) in [5.74, 6) is 5.52. The number of hydrogen-bond acceptors (Lipinski definition) is 3. The topological polar surface area (TPSA) is 38.0 Å². The molecule has 1 heterocycles. The molecule has 2 aromatic rings. The van der Waals surface area contributed by atoms with Crippen molar-refractivity contribution in [1.29, 1.82) is 0 Å². The second-order valence-electron chi connectivity index (χ2n) is 4.35. The monoisotopic (exact) mass is 300 g/mol. The molecule has 1 unspecified atom stereocenters. The van der Waals surface area contributed by atoms with Crippen LogP contribution in [0.4, 0.5) is 13.2 Å². The molecule has 1 atom stereocenters. The van der Waals surface area contributed by atoms with Crippen molar-refractivity contribution in [2.24, 2.45) is 5.84 Å². The highest BCUT2D eigenvalue weighted by Crippen LogP contribution is 2.38. The van der Waals surface area contributed by atoms with E-state index in [1.807, 2.05) is 18.4 Å². The van der Waals surface area contributed by atoms with Crippen LogP contribution in [0.15, 0.2) is 35.7 Å². The second-order valence-corrected chi connectivity index (χ2v) is 5.30. The van der Waals surface area contributed by atoms with Gasteiger partial charge in [0.05, 0.1) is 11.6 Å². The Kier molecular flexibility index (Phi) is 4.47. The van der Waals surface area contributed by atoms with Gasteiger partial charge in [-0.05, 0) is 35.1 Å². The van der Waals surface area contributed by atoms with Gasteiger partial charge in [0.15, 0.2) is 0 Å². The summed E-state index contributed by atoms with van der Waals surface area (Å²) < 4.78 is 39.3. The SMILES string of the molecule is CCc1ccsc1C(NN)c1ccccc1C(F)(F)F. The quantitative estimate of drug-likeness (QED) is 0.664. The first-order valence-electron chi connectivity index (χ1n) is 6.17. The van der Waals surface area contributed by atoms with Gasteiger partial charge in [0.2, 0.25) is 0 Å². The minimum Gasteiger partial charge on any atom is -0.271 e. The predicted molar refractivity (Wildman–Crippen MR) is 74.3 cm³/mol. The van der Waals surface area contributed by atoms with Crippen LogP contribution in [0.25, 0.3) is 0 Å². The zero-order valence-electron chi connectivity index (χ0n) is 10.9. The maximum Gasteiger partial charge on any atom is 0.416 e. The van der Waals surface area contributed by atoms with Crippen LogP contribution in [0.3, 0.4) is 0 Å². The summed E-state index contributed by atoms with van der Waals surface area (Å²) in [4.78, 5) is 0.826. The molecule has 1 aromatic heterocycles. The third-order valence-electron chi connectivity index (χ3n) is 3.17. The lowest BCUT2D eigenvalue weighted by Gasteiger charge is -2.21. The third kappa shape index (κ3) is 2.87. The number of halogens is 3. The second kappa shape index (κ2) is 5.95. The number of hydrazine groups is 1. The van der Waals surface area contributed by atoms with E-state index in [-0.39, 0.29) is 5.56 Å². The number of nitrogens with one attached hydrogen (secondary N) is 1. The normalized spacial score (nSPS) is 13.4. The van der Waals surface area contributed by atoms with Crippen molar-refractivity contribution in [3.05, 3.63) is 57.3 Å². The van der Waals surface area contributed by atoms with Gasteiger partial charge in [-0.3, -0.25) is 5.84 Å². The van der Waals surface area contributed by atoms with Crippen LogP contribution in [-0.4, -0.2) is 0 Å². The standard InChI is InChI=1S/C14H15F3N2S/c1-2-9-7-8-20-13(9)12(19-18)10-5-3-4-6-11(10)14(15,16)17/h3-8,12,19H,2,18H2,1H3. The van der Waals surface area contributed by atoms with Gasteiger partial charge in [-0.1, -0.05) is 25.1 Å². The predicted octanol–water partition coefficient (Wildman–Crippen LogP) is 3.88. The maximum atomic E-state index is 13.1. The minimum atomic E-state index is -4.39. The Balaban J connectivity index is 2.53. The summed E-state index contributed by atoms with van der Waals surface area (Å²) >= 11 is 1.41. The van der Waals surface area contributed by atoms with E-state index < -0.39 is 17.8 Å². The highest BCUT2D eigenvalue weighted by molar-refractivity contribution is 7.10. The number of nitrogens with two attached hydrogens (primary N) is 1. The Labute approximate surface area is 119 Å². The Morgan fingerprint density at radius 1 is 1.25 bits per heavy atom. The van der Waals surface area contributed by atoms with Crippen LogP contribution in [0.2, 0.25) is 0 Å². The summed E-state index contributed by atoms with van der Waals surface area (Å²) in [6, 6.07) is 6.79. The van der Waals surface area contributed by atoms with Gasteiger partial charge < -0.3 is 0 Å². The van der Waals surface area contributed by atoms with Gasteiger partial charge in [-0.2, -0.15) is 13.2 Å². The molecule has 0 saturated carbocycles. The molecule has 0 fully saturated rings. The van der Waals surface area contributed by atoms with Gasteiger partial charge in [0, 0.05) is 4.88 Å². The number of aryl methyl sites for hydroxylation is 1. The van der Waals surface area contributed by atoms with E-state index in [9.17, 15) is 13.2 Å². The smallest absolute Gasteiger partial charge is 0.271 e. The number of alkyl halides is 3. The molecular weight excluding hydrogens is 285 g/mol. The molecule has 1 aromatic carbocycles. The van der Waals surface area contributed by atoms with Crippen LogP contribution < -0.4 is 11.3 Å². The molecule has 0 aliphatic rings. The van der Waals surface area contributed by atoms with Gasteiger partial charge in [0.1, 0.15) is 0 Å². The Hall–Kier alpha value is -1.37. The molecule has 0 aliphatic heterocycles. The zero-order chi connectivity index (χ0) is 14.8. The molecule has 0 radical (unpaired) electrons. The van der Waals surface area contributed by atoms with Crippen LogP contribution in [0, 0.1) is 0 Å². The molecule has 108 valence electrons. The van der Waals surface area contributed by atoms with Crippen LogP contribution in [-0.2, 0) is 12.6 Å². The third-order valence-corrected chi connectivity index (χ3v) is 4.19. The minimum absolute atomic E-state index is 0.152. The fourth-order valence-electron chi connectivity index (χ4n) is 2.21. The van der Waals surface area contributed by atoms with Gasteiger partial charge in [-0.15, -0.1) is 11.3 Å². The average Bonchev–Trinajstić information content (AvgIpc) is 2.87. The van der Waals surface area contributed by atoms with Gasteiger partial charge in [-0.25, -0.2) is 5.43 Å². The number of thiophene rings is 1. The lowest BCUT2D eigenvalue weighted by Crippen LogP contribution is -2.30. The van der Waals surface area contributed by atoms with Crippen molar-refractivity contribution >= 4 is 11.3 Å². The summed E-state index contributed by atoms with van der Waals surface area (Å²) in [6.07, 6.45) is -3.64. The van der Waals surface area contributed by atoms with E-state index in [1.54, 1.807) is 6.07 Å². The Morgan fingerprint density at radius 2 is 1.95 bits per heavy atom. The summed E-state index contributed by atoms with van der Waals surface area (Å²) in [6.45, 7) is 1.97. The fraction of sp³-hybridized carbons (Fsp3) is 0.286. The van der Waals surface area contributed by atoms with Crippen molar-refractivity contribution < 1.29 is 13.2 Å². The van der Waals surface area contributed by atoms with Crippen LogP contribution in [0.1, 0.15) is 34.5 Å². The lowest BCUT2D eigenvalue weighted by molar-refractivity contribution is -0.138. The molecule has 20 heavy (non-hydrogen) atoms. The van der Waals surface area contributed by atoms with Crippen LogP contribution in [0.5, 0.6) is 0 Å². The molecule has 0 amide bonds. The molecule has 2 nitrogen and oxygen atoms in total. The molecule has 0 bridgehead atoms. The lowest BCUT2D eigenvalue weighted by atomic mass is 9.97.